The maximum atomic E-state index is 13.6. The summed E-state index contributed by atoms with van der Waals surface area (Å²) in [5.74, 6) is -0.467. The van der Waals surface area contributed by atoms with Gasteiger partial charge in [0.25, 0.3) is 0 Å². The van der Waals surface area contributed by atoms with E-state index in [1.807, 2.05) is 24.8 Å². The van der Waals surface area contributed by atoms with Gasteiger partial charge in [0.1, 0.15) is 11.9 Å². The van der Waals surface area contributed by atoms with E-state index in [-0.39, 0.29) is 47.7 Å². The lowest BCUT2D eigenvalue weighted by Crippen LogP contribution is -2.53. The second-order valence-corrected chi connectivity index (χ2v) is 8.56. The lowest BCUT2D eigenvalue weighted by Gasteiger charge is -2.38. The predicted molar refractivity (Wildman–Crippen MR) is 105 cm³/mol. The van der Waals surface area contributed by atoms with E-state index in [4.69, 9.17) is 0 Å². The highest BCUT2D eigenvalue weighted by Crippen LogP contribution is 2.38. The first-order valence-electron chi connectivity index (χ1n) is 10.4. The molecule has 1 unspecified atom stereocenters. The third kappa shape index (κ3) is 3.51. The number of nitrogens with zero attached hydrogens (tertiary/aromatic N) is 4. The number of fused-ring (bicyclic) bond motifs is 2. The van der Waals surface area contributed by atoms with Crippen LogP contribution in [-0.2, 0) is 9.59 Å². The predicted octanol–water partition coefficient (Wildman–Crippen LogP) is 2.32. The summed E-state index contributed by atoms with van der Waals surface area (Å²) in [5.41, 5.74) is 0.803. The van der Waals surface area contributed by atoms with E-state index in [9.17, 15) is 19.2 Å². The van der Waals surface area contributed by atoms with Crippen molar-refractivity contribution in [1.82, 2.24) is 14.7 Å². The fraction of sp³-hybridized carbons (Fsp3) is 0.591. The van der Waals surface area contributed by atoms with E-state index < -0.39 is 0 Å². The molecule has 0 saturated carbocycles. The van der Waals surface area contributed by atoms with E-state index in [1.54, 1.807) is 11.0 Å². The van der Waals surface area contributed by atoms with E-state index in [0.717, 1.165) is 31.4 Å². The van der Waals surface area contributed by atoms with Crippen LogP contribution in [0.1, 0.15) is 44.7 Å². The molecule has 1 aromatic rings. The highest BCUT2D eigenvalue weighted by Gasteiger charge is 2.51. The minimum absolute atomic E-state index is 0.00857. The van der Waals surface area contributed by atoms with Crippen molar-refractivity contribution >= 4 is 11.8 Å². The Morgan fingerprint density at radius 2 is 2.17 bits per heavy atom. The molecule has 0 radical (unpaired) electrons. The number of benzene rings is 1. The van der Waals surface area contributed by atoms with Gasteiger partial charge in [0.2, 0.25) is 11.8 Å². The van der Waals surface area contributed by atoms with Gasteiger partial charge in [0.15, 0.2) is 0 Å². The fourth-order valence-electron chi connectivity index (χ4n) is 5.20. The van der Waals surface area contributed by atoms with Crippen molar-refractivity contribution in [2.45, 2.75) is 57.3 Å². The summed E-state index contributed by atoms with van der Waals surface area (Å²) < 4.78 is 13.6. The third-order valence-electron chi connectivity index (χ3n) is 6.68. The molecule has 7 heteroatoms. The molecule has 3 aliphatic heterocycles. The van der Waals surface area contributed by atoms with Crippen molar-refractivity contribution in [1.29, 1.82) is 5.26 Å². The normalized spacial score (nSPS) is 28.6. The summed E-state index contributed by atoms with van der Waals surface area (Å²) >= 11 is 0. The first-order chi connectivity index (χ1) is 13.9. The average molecular weight is 398 g/mol. The molecular weight excluding hydrogens is 371 g/mol. The SMILES string of the molecule is C[C@H](c1cccc(F)c1)N1C(=O)[C@H]2CC1CN2C[C@H](C)C(=O)N1CCC[C@H]1C#N. The average Bonchev–Trinajstić information content (AvgIpc) is 3.41. The number of carbonyl (C=O) groups is 2. The second-order valence-electron chi connectivity index (χ2n) is 8.56. The molecule has 0 aromatic heterocycles. The Balaban J connectivity index is 1.40. The molecule has 1 aromatic carbocycles. The van der Waals surface area contributed by atoms with Crippen molar-refractivity contribution in [3.63, 3.8) is 0 Å². The Hall–Kier alpha value is -2.46. The van der Waals surface area contributed by atoms with E-state index in [2.05, 4.69) is 11.0 Å². The highest BCUT2D eigenvalue weighted by molar-refractivity contribution is 5.86. The first-order valence-corrected chi connectivity index (χ1v) is 10.4. The van der Waals surface area contributed by atoms with Crippen molar-refractivity contribution in [3.05, 3.63) is 35.6 Å². The van der Waals surface area contributed by atoms with Gasteiger partial charge < -0.3 is 9.80 Å². The van der Waals surface area contributed by atoms with Crippen LogP contribution in [0.5, 0.6) is 0 Å². The summed E-state index contributed by atoms with van der Waals surface area (Å²) in [4.78, 5) is 31.5. The molecule has 154 valence electrons. The Labute approximate surface area is 170 Å². The molecule has 3 heterocycles. The van der Waals surface area contributed by atoms with Crippen LogP contribution < -0.4 is 0 Å². The molecule has 2 amide bonds. The van der Waals surface area contributed by atoms with Crippen LogP contribution in [0.15, 0.2) is 24.3 Å². The van der Waals surface area contributed by atoms with Gasteiger partial charge in [0.05, 0.1) is 18.2 Å². The summed E-state index contributed by atoms with van der Waals surface area (Å²) in [7, 11) is 0. The number of amides is 2. The quantitative estimate of drug-likeness (QED) is 0.763. The Morgan fingerprint density at radius 3 is 2.86 bits per heavy atom. The van der Waals surface area contributed by atoms with Gasteiger partial charge in [0, 0.05) is 31.6 Å². The lowest BCUT2D eigenvalue weighted by atomic mass is 10.0. The summed E-state index contributed by atoms with van der Waals surface area (Å²) in [6.07, 6.45) is 2.37. The van der Waals surface area contributed by atoms with Crippen molar-refractivity contribution < 1.29 is 14.0 Å². The van der Waals surface area contributed by atoms with Gasteiger partial charge in [-0.1, -0.05) is 19.1 Å². The van der Waals surface area contributed by atoms with Crippen LogP contribution in [0.3, 0.4) is 0 Å². The molecule has 3 saturated heterocycles. The minimum Gasteiger partial charge on any atom is -0.330 e. The molecule has 0 aliphatic carbocycles. The zero-order chi connectivity index (χ0) is 20.7. The molecule has 0 N–H and O–H groups in total. The minimum atomic E-state index is -0.316. The van der Waals surface area contributed by atoms with Crippen LogP contribution in [0.4, 0.5) is 4.39 Å². The number of halogens is 1. The maximum absolute atomic E-state index is 13.6. The van der Waals surface area contributed by atoms with E-state index >= 15 is 0 Å². The number of carbonyl (C=O) groups excluding carboxylic acids is 2. The first kappa shape index (κ1) is 19.8. The number of likely N-dealkylation sites (tertiary alicyclic amines) is 3. The molecule has 0 spiro atoms. The van der Waals surface area contributed by atoms with Crippen LogP contribution in [0.25, 0.3) is 0 Å². The molecule has 3 fully saturated rings. The van der Waals surface area contributed by atoms with Crippen molar-refractivity contribution in [2.24, 2.45) is 5.92 Å². The third-order valence-corrected chi connectivity index (χ3v) is 6.68. The standard InChI is InChI=1S/C22H27FN4O2/c1-14(21(28)26-8-4-7-18(26)11-24)12-25-13-19-10-20(25)22(29)27(19)15(2)16-5-3-6-17(23)9-16/h3,5-6,9,14-15,18-20H,4,7-8,10,12-13H2,1-2H3/t14-,15+,18-,19?,20+/m0/s1. The second kappa shape index (κ2) is 7.75. The van der Waals surface area contributed by atoms with Crippen molar-refractivity contribution in [3.8, 4) is 6.07 Å². The number of hydrogen-bond donors (Lipinski definition) is 0. The Kier molecular flexibility index (Phi) is 5.30. The van der Waals surface area contributed by atoms with Crippen LogP contribution in [0.2, 0.25) is 0 Å². The van der Waals surface area contributed by atoms with Crippen molar-refractivity contribution in [2.75, 3.05) is 19.6 Å². The van der Waals surface area contributed by atoms with E-state index in [0.29, 0.717) is 13.1 Å². The molecule has 3 aliphatic rings. The Bertz CT molecular complexity index is 853. The molecule has 2 bridgehead atoms. The largest absolute Gasteiger partial charge is 0.330 e. The van der Waals surface area contributed by atoms with E-state index in [1.165, 1.54) is 12.1 Å². The molecule has 5 atom stereocenters. The topological polar surface area (TPSA) is 67.7 Å². The summed E-state index contributed by atoms with van der Waals surface area (Å²) in [5, 5.41) is 9.24. The van der Waals surface area contributed by atoms with Crippen LogP contribution in [-0.4, -0.2) is 64.3 Å². The van der Waals surface area contributed by atoms with Gasteiger partial charge in [-0.15, -0.1) is 0 Å². The van der Waals surface area contributed by atoms with Gasteiger partial charge >= 0.3 is 0 Å². The molecule has 6 nitrogen and oxygen atoms in total. The summed E-state index contributed by atoms with van der Waals surface area (Å²) in [6.45, 7) is 5.74. The Morgan fingerprint density at radius 1 is 1.38 bits per heavy atom. The molecule has 4 rings (SSSR count). The number of piperazine rings is 1. The maximum Gasteiger partial charge on any atom is 0.240 e. The fourth-order valence-corrected chi connectivity index (χ4v) is 5.20. The van der Waals surface area contributed by atoms with Crippen LogP contribution >= 0.6 is 0 Å². The summed E-state index contributed by atoms with van der Waals surface area (Å²) in [6, 6.07) is 8.04. The van der Waals surface area contributed by atoms with Gasteiger partial charge in [-0.2, -0.15) is 5.26 Å². The van der Waals surface area contributed by atoms with Gasteiger partial charge in [-0.05, 0) is 43.9 Å². The number of hydrogen-bond acceptors (Lipinski definition) is 4. The molecule has 29 heavy (non-hydrogen) atoms. The number of nitriles is 1. The monoisotopic (exact) mass is 398 g/mol. The molecular formula is C22H27FN4O2. The number of rotatable bonds is 5. The zero-order valence-corrected chi connectivity index (χ0v) is 16.9. The highest BCUT2D eigenvalue weighted by atomic mass is 19.1. The zero-order valence-electron chi connectivity index (χ0n) is 16.9. The van der Waals surface area contributed by atoms with Gasteiger partial charge in [-0.3, -0.25) is 14.5 Å². The van der Waals surface area contributed by atoms with Gasteiger partial charge in [-0.25, -0.2) is 4.39 Å². The van der Waals surface area contributed by atoms with Crippen LogP contribution in [0, 0.1) is 23.1 Å². The lowest BCUT2D eigenvalue weighted by molar-refractivity contribution is -0.142. The smallest absolute Gasteiger partial charge is 0.240 e.